The first-order chi connectivity index (χ1) is 9.13. The van der Waals surface area contributed by atoms with Gasteiger partial charge in [-0.1, -0.05) is 30.3 Å². The minimum Gasteiger partial charge on any atom is -0.461 e. The number of imidazole rings is 1. The van der Waals surface area contributed by atoms with Crippen molar-refractivity contribution < 1.29 is 9.53 Å². The Balaban J connectivity index is 2.29. The van der Waals surface area contributed by atoms with Gasteiger partial charge in [0.25, 0.3) is 0 Å². The lowest BCUT2D eigenvalue weighted by Crippen LogP contribution is -2.13. The Morgan fingerprint density at radius 1 is 1.37 bits per heavy atom. The summed E-state index contributed by atoms with van der Waals surface area (Å²) in [5.41, 5.74) is 7.22. The van der Waals surface area contributed by atoms with E-state index in [-0.39, 0.29) is 5.82 Å². The van der Waals surface area contributed by atoms with Gasteiger partial charge in [0.2, 0.25) is 0 Å². The van der Waals surface area contributed by atoms with E-state index in [1.165, 1.54) is 0 Å². The van der Waals surface area contributed by atoms with Crippen LogP contribution in [-0.4, -0.2) is 22.1 Å². The summed E-state index contributed by atoms with van der Waals surface area (Å²) in [6, 6.07) is 9.91. The highest BCUT2D eigenvalue weighted by Gasteiger charge is 2.20. The Hall–Kier alpha value is -2.30. The van der Waals surface area contributed by atoms with Crippen LogP contribution in [-0.2, 0) is 18.2 Å². The molecule has 0 aliphatic heterocycles. The number of benzene rings is 1. The third-order valence-corrected chi connectivity index (χ3v) is 2.89. The molecule has 0 saturated heterocycles. The molecule has 19 heavy (non-hydrogen) atoms. The number of nitrogens with two attached hydrogens (primary N) is 1. The molecule has 0 unspecified atom stereocenters. The number of carbonyl (C=O) groups is 1. The van der Waals surface area contributed by atoms with Gasteiger partial charge in [-0.05, 0) is 12.5 Å². The number of aromatic nitrogens is 2. The molecular weight excluding hydrogens is 242 g/mol. The average molecular weight is 259 g/mol. The van der Waals surface area contributed by atoms with E-state index in [1.807, 2.05) is 30.3 Å². The van der Waals surface area contributed by atoms with E-state index in [4.69, 9.17) is 10.5 Å². The normalized spacial score (nSPS) is 10.4. The van der Waals surface area contributed by atoms with Crippen LogP contribution in [0.25, 0.3) is 0 Å². The second-order valence-corrected chi connectivity index (χ2v) is 4.20. The summed E-state index contributed by atoms with van der Waals surface area (Å²) >= 11 is 0. The minimum absolute atomic E-state index is 0.215. The number of carbonyl (C=O) groups excluding carboxylic acids is 1. The molecule has 0 spiro atoms. The molecule has 2 rings (SSSR count). The molecule has 0 radical (unpaired) electrons. The highest BCUT2D eigenvalue weighted by molar-refractivity contribution is 5.92. The van der Waals surface area contributed by atoms with E-state index in [9.17, 15) is 4.79 Å². The molecule has 0 aliphatic rings. The molecule has 0 fully saturated rings. The zero-order valence-corrected chi connectivity index (χ0v) is 11.1. The van der Waals surface area contributed by atoms with Crippen LogP contribution < -0.4 is 5.73 Å². The molecule has 5 nitrogen and oxygen atoms in total. The van der Waals surface area contributed by atoms with Crippen molar-refractivity contribution in [3.63, 3.8) is 0 Å². The van der Waals surface area contributed by atoms with Crippen LogP contribution in [0.15, 0.2) is 30.3 Å². The zero-order chi connectivity index (χ0) is 13.8. The molecule has 1 aromatic heterocycles. The lowest BCUT2D eigenvalue weighted by Gasteiger charge is -2.05. The van der Waals surface area contributed by atoms with Gasteiger partial charge in [0.15, 0.2) is 11.5 Å². The zero-order valence-electron chi connectivity index (χ0n) is 11.1. The molecule has 2 N–H and O–H groups in total. The second kappa shape index (κ2) is 5.56. The van der Waals surface area contributed by atoms with Crippen LogP contribution in [0, 0.1) is 0 Å². The van der Waals surface area contributed by atoms with Crippen LogP contribution in [0.4, 0.5) is 5.82 Å². The summed E-state index contributed by atoms with van der Waals surface area (Å²) in [4.78, 5) is 16.0. The lowest BCUT2D eigenvalue weighted by atomic mass is 10.1. The molecule has 0 saturated carbocycles. The van der Waals surface area contributed by atoms with E-state index in [0.717, 1.165) is 11.4 Å². The Kier molecular flexibility index (Phi) is 3.85. The van der Waals surface area contributed by atoms with Crippen LogP contribution in [0.2, 0.25) is 0 Å². The largest absolute Gasteiger partial charge is 0.461 e. The van der Waals surface area contributed by atoms with Crippen LogP contribution in [0.3, 0.4) is 0 Å². The molecule has 0 atom stereocenters. The summed E-state index contributed by atoms with van der Waals surface area (Å²) in [5.74, 6) is 0.521. The van der Waals surface area contributed by atoms with Crippen LogP contribution in [0.5, 0.6) is 0 Å². The molecule has 0 aliphatic carbocycles. The van der Waals surface area contributed by atoms with Gasteiger partial charge in [-0.3, -0.25) is 0 Å². The Bertz CT molecular complexity index is 576. The molecule has 1 aromatic carbocycles. The molecular formula is C14H17N3O2. The maximum Gasteiger partial charge on any atom is 0.358 e. The van der Waals surface area contributed by atoms with Crippen molar-refractivity contribution in [1.29, 1.82) is 0 Å². The predicted molar refractivity (Wildman–Crippen MR) is 72.8 cm³/mol. The Morgan fingerprint density at radius 3 is 2.68 bits per heavy atom. The minimum atomic E-state index is -0.436. The fourth-order valence-corrected chi connectivity index (χ4v) is 1.95. The maximum atomic E-state index is 11.8. The number of nitrogen functional groups attached to an aromatic ring is 1. The fourth-order valence-electron chi connectivity index (χ4n) is 1.95. The number of hydrogen-bond acceptors (Lipinski definition) is 4. The smallest absolute Gasteiger partial charge is 0.358 e. The van der Waals surface area contributed by atoms with E-state index in [1.54, 1.807) is 18.5 Å². The van der Waals surface area contributed by atoms with Crippen molar-refractivity contribution in [1.82, 2.24) is 9.55 Å². The summed E-state index contributed by atoms with van der Waals surface area (Å²) in [7, 11) is 1.77. The number of hydrogen-bond donors (Lipinski definition) is 1. The number of esters is 1. The van der Waals surface area contributed by atoms with Crippen molar-refractivity contribution in [2.45, 2.75) is 13.3 Å². The first-order valence-electron chi connectivity index (χ1n) is 6.15. The maximum absolute atomic E-state index is 11.8. The van der Waals surface area contributed by atoms with Gasteiger partial charge < -0.3 is 15.0 Å². The van der Waals surface area contributed by atoms with E-state index in [2.05, 4.69) is 4.98 Å². The second-order valence-electron chi connectivity index (χ2n) is 4.20. The first kappa shape index (κ1) is 13.1. The van der Waals surface area contributed by atoms with Crippen molar-refractivity contribution in [2.75, 3.05) is 12.3 Å². The summed E-state index contributed by atoms with van der Waals surface area (Å²) in [5, 5.41) is 0. The van der Waals surface area contributed by atoms with E-state index < -0.39 is 5.97 Å². The first-order valence-corrected chi connectivity index (χ1v) is 6.15. The number of ether oxygens (including phenoxy) is 1. The molecule has 0 bridgehead atoms. The van der Waals surface area contributed by atoms with E-state index >= 15 is 0 Å². The topological polar surface area (TPSA) is 70.1 Å². The summed E-state index contributed by atoms with van der Waals surface area (Å²) in [6.07, 6.45) is 0.626. The predicted octanol–water partition coefficient (Wildman–Crippen LogP) is 1.77. The monoisotopic (exact) mass is 259 g/mol. The summed E-state index contributed by atoms with van der Waals surface area (Å²) in [6.45, 7) is 2.08. The standard InChI is InChI=1S/C14H17N3O2/c1-3-19-14(18)12-13(15)16-11(17(12)2)9-10-7-5-4-6-8-10/h4-8H,3,9,15H2,1-2H3. The van der Waals surface area contributed by atoms with Gasteiger partial charge in [-0.15, -0.1) is 0 Å². The molecule has 100 valence electrons. The van der Waals surface area contributed by atoms with Crippen molar-refractivity contribution in [2.24, 2.45) is 7.05 Å². The van der Waals surface area contributed by atoms with Crippen molar-refractivity contribution in [3.05, 3.63) is 47.4 Å². The van der Waals surface area contributed by atoms with Crippen LogP contribution in [0.1, 0.15) is 28.8 Å². The Morgan fingerprint density at radius 2 is 2.05 bits per heavy atom. The van der Waals surface area contributed by atoms with E-state index in [0.29, 0.717) is 18.7 Å². The summed E-state index contributed by atoms with van der Waals surface area (Å²) < 4.78 is 6.67. The fraction of sp³-hybridized carbons (Fsp3) is 0.286. The third-order valence-electron chi connectivity index (χ3n) is 2.89. The average Bonchev–Trinajstić information content (AvgIpc) is 2.66. The highest BCUT2D eigenvalue weighted by atomic mass is 16.5. The van der Waals surface area contributed by atoms with Crippen molar-refractivity contribution in [3.8, 4) is 0 Å². The highest BCUT2D eigenvalue weighted by Crippen LogP contribution is 2.16. The van der Waals surface area contributed by atoms with Crippen molar-refractivity contribution >= 4 is 11.8 Å². The molecule has 1 heterocycles. The molecule has 2 aromatic rings. The van der Waals surface area contributed by atoms with Gasteiger partial charge >= 0.3 is 5.97 Å². The van der Waals surface area contributed by atoms with Crippen LogP contribution >= 0.6 is 0 Å². The lowest BCUT2D eigenvalue weighted by molar-refractivity contribution is 0.0516. The number of anilines is 1. The van der Waals surface area contributed by atoms with Gasteiger partial charge in [0.05, 0.1) is 6.61 Å². The molecule has 0 amide bonds. The van der Waals surface area contributed by atoms with Gasteiger partial charge in [-0.2, -0.15) is 0 Å². The Labute approximate surface area is 112 Å². The molecule has 5 heteroatoms. The quantitative estimate of drug-likeness (QED) is 0.849. The van der Waals surface area contributed by atoms with Gasteiger partial charge in [0.1, 0.15) is 5.82 Å². The van der Waals surface area contributed by atoms with Gasteiger partial charge in [0, 0.05) is 13.5 Å². The number of nitrogens with zero attached hydrogens (tertiary/aromatic N) is 2. The van der Waals surface area contributed by atoms with Gasteiger partial charge in [-0.25, -0.2) is 9.78 Å². The number of rotatable bonds is 4. The SMILES string of the molecule is CCOC(=O)c1c(N)nc(Cc2ccccc2)n1C. The third kappa shape index (κ3) is 2.76.